The Kier molecular flexibility index (Phi) is 3.19. The summed E-state index contributed by atoms with van der Waals surface area (Å²) < 4.78 is 11.2. The first-order valence-electron chi connectivity index (χ1n) is 6.65. The van der Waals surface area contributed by atoms with Crippen LogP contribution in [-0.4, -0.2) is 43.7 Å². The first-order valence-corrected chi connectivity index (χ1v) is 6.65. The predicted molar refractivity (Wildman–Crippen MR) is 71.7 cm³/mol. The average Bonchev–Trinajstić information content (AvgIpc) is 2.65. The van der Waals surface area contributed by atoms with Crippen molar-refractivity contribution in [3.63, 3.8) is 0 Å². The van der Waals surface area contributed by atoms with Crippen molar-refractivity contribution in [3.05, 3.63) is 18.2 Å². The minimum Gasteiger partial charge on any atom is -0.490 e. The lowest BCUT2D eigenvalue weighted by Crippen LogP contribution is -2.30. The molecule has 1 amide bonds. The van der Waals surface area contributed by atoms with Crippen LogP contribution in [0.25, 0.3) is 0 Å². The third kappa shape index (κ3) is 2.45. The number of hydrogen-bond donors (Lipinski definition) is 1. The van der Waals surface area contributed by atoms with Gasteiger partial charge >= 0.3 is 0 Å². The lowest BCUT2D eigenvalue weighted by atomic mass is 10.2. The maximum atomic E-state index is 11.9. The fourth-order valence-electron chi connectivity index (χ4n) is 2.41. The molecule has 0 aliphatic carbocycles. The Morgan fingerprint density at radius 2 is 2.05 bits per heavy atom. The molecule has 5 nitrogen and oxygen atoms in total. The van der Waals surface area contributed by atoms with Crippen molar-refractivity contribution in [1.29, 1.82) is 0 Å². The highest BCUT2D eigenvalue weighted by Gasteiger charge is 2.28. The van der Waals surface area contributed by atoms with Crippen LogP contribution < -0.4 is 14.8 Å². The Morgan fingerprint density at radius 3 is 2.79 bits per heavy atom. The summed E-state index contributed by atoms with van der Waals surface area (Å²) in [6.45, 7) is 2.16. The summed E-state index contributed by atoms with van der Waals surface area (Å²) in [7, 11) is 1.83. The molecule has 1 saturated heterocycles. The molecule has 1 atom stereocenters. The third-order valence-corrected chi connectivity index (χ3v) is 3.52. The maximum Gasteiger partial charge on any atom is 0.244 e. The second-order valence-corrected chi connectivity index (χ2v) is 4.96. The number of anilines is 1. The molecule has 102 valence electrons. The average molecular weight is 262 g/mol. The number of ether oxygens (including phenoxy) is 2. The molecule has 0 saturated carbocycles. The fourth-order valence-corrected chi connectivity index (χ4v) is 2.41. The predicted octanol–water partition coefficient (Wildman–Crippen LogP) is 1.49. The van der Waals surface area contributed by atoms with Crippen LogP contribution in [0.15, 0.2) is 18.2 Å². The van der Waals surface area contributed by atoms with Crippen LogP contribution in [0.5, 0.6) is 11.5 Å². The minimum atomic E-state index is -0.130. The fraction of sp³-hybridized carbons (Fsp3) is 0.500. The van der Waals surface area contributed by atoms with Crippen molar-refractivity contribution in [2.45, 2.75) is 18.9 Å². The van der Waals surface area contributed by atoms with Gasteiger partial charge in [0.25, 0.3) is 0 Å². The second kappa shape index (κ2) is 4.99. The van der Waals surface area contributed by atoms with Crippen LogP contribution in [0.4, 0.5) is 5.69 Å². The van der Waals surface area contributed by atoms with Crippen molar-refractivity contribution in [1.82, 2.24) is 4.90 Å². The van der Waals surface area contributed by atoms with Crippen LogP contribution in [0, 0.1) is 0 Å². The van der Waals surface area contributed by atoms with E-state index in [1.54, 1.807) is 4.90 Å². The van der Waals surface area contributed by atoms with Crippen molar-refractivity contribution in [3.8, 4) is 11.5 Å². The van der Waals surface area contributed by atoms with Gasteiger partial charge in [-0.2, -0.15) is 0 Å². The number of benzene rings is 1. The van der Waals surface area contributed by atoms with Gasteiger partial charge < -0.3 is 19.7 Å². The molecule has 1 N–H and O–H groups in total. The Bertz CT molecular complexity index is 490. The number of rotatable bonds is 2. The molecule has 2 heterocycles. The summed E-state index contributed by atoms with van der Waals surface area (Å²) in [5, 5.41) is 3.26. The molecule has 1 aromatic carbocycles. The molecule has 2 aliphatic heterocycles. The van der Waals surface area contributed by atoms with E-state index in [1.165, 1.54) is 0 Å². The van der Waals surface area contributed by atoms with Gasteiger partial charge in [-0.1, -0.05) is 0 Å². The molecular weight excluding hydrogens is 244 g/mol. The van der Waals surface area contributed by atoms with E-state index in [1.807, 2.05) is 25.2 Å². The Morgan fingerprint density at radius 1 is 1.26 bits per heavy atom. The summed E-state index contributed by atoms with van der Waals surface area (Å²) in [6.07, 6.45) is 1.73. The monoisotopic (exact) mass is 262 g/mol. The number of likely N-dealkylation sites (tertiary alicyclic amines) is 1. The van der Waals surface area contributed by atoms with Crippen molar-refractivity contribution >= 4 is 11.6 Å². The number of carbonyl (C=O) groups is 1. The van der Waals surface area contributed by atoms with E-state index in [0.717, 1.165) is 36.6 Å². The summed E-state index contributed by atoms with van der Waals surface area (Å²) >= 11 is 0. The van der Waals surface area contributed by atoms with Gasteiger partial charge in [0.2, 0.25) is 5.91 Å². The van der Waals surface area contributed by atoms with Crippen molar-refractivity contribution < 1.29 is 14.3 Å². The Balaban J connectivity index is 1.75. The zero-order valence-corrected chi connectivity index (χ0v) is 11.0. The molecule has 19 heavy (non-hydrogen) atoms. The highest BCUT2D eigenvalue weighted by atomic mass is 16.5. The summed E-state index contributed by atoms with van der Waals surface area (Å²) in [4.78, 5) is 13.6. The highest BCUT2D eigenvalue weighted by Crippen LogP contribution is 2.32. The van der Waals surface area contributed by atoms with E-state index >= 15 is 0 Å². The number of nitrogens with one attached hydrogen (secondary N) is 1. The number of hydrogen-bond acceptors (Lipinski definition) is 4. The molecule has 0 radical (unpaired) electrons. The SMILES string of the molecule is CN1CCC(Nc2ccc3c(c2)OCCCO3)C1=O. The zero-order chi connectivity index (χ0) is 13.2. The number of nitrogens with zero attached hydrogens (tertiary/aromatic N) is 1. The van der Waals surface area contributed by atoms with Crippen LogP contribution in [0.1, 0.15) is 12.8 Å². The summed E-state index contributed by atoms with van der Waals surface area (Å²) in [5.74, 6) is 1.67. The molecule has 1 fully saturated rings. The van der Waals surface area contributed by atoms with E-state index in [4.69, 9.17) is 9.47 Å². The molecule has 5 heteroatoms. The van der Waals surface area contributed by atoms with Gasteiger partial charge in [-0.25, -0.2) is 0 Å². The van der Waals surface area contributed by atoms with Gasteiger partial charge in [0.1, 0.15) is 6.04 Å². The lowest BCUT2D eigenvalue weighted by Gasteiger charge is -2.15. The Labute approximate surface area is 112 Å². The van der Waals surface area contributed by atoms with E-state index in [2.05, 4.69) is 5.32 Å². The molecular formula is C14H18N2O3. The standard InChI is InChI=1S/C14H18N2O3/c1-16-6-5-11(14(16)17)15-10-3-4-12-13(9-10)19-8-2-7-18-12/h3-4,9,11,15H,2,5-8H2,1H3. The van der Waals surface area contributed by atoms with Crippen LogP contribution >= 0.6 is 0 Å². The van der Waals surface area contributed by atoms with Crippen molar-refractivity contribution in [2.75, 3.05) is 32.1 Å². The number of likely N-dealkylation sites (N-methyl/N-ethyl adjacent to an activating group) is 1. The van der Waals surface area contributed by atoms with Crippen LogP contribution in [0.3, 0.4) is 0 Å². The van der Waals surface area contributed by atoms with Gasteiger partial charge in [0.05, 0.1) is 13.2 Å². The normalized spacial score (nSPS) is 22.3. The summed E-state index contributed by atoms with van der Waals surface area (Å²) in [6, 6.07) is 5.60. The molecule has 0 spiro atoms. The van der Waals surface area contributed by atoms with Crippen molar-refractivity contribution in [2.24, 2.45) is 0 Å². The topological polar surface area (TPSA) is 50.8 Å². The third-order valence-electron chi connectivity index (χ3n) is 3.52. The van der Waals surface area contributed by atoms with Gasteiger partial charge in [-0.3, -0.25) is 4.79 Å². The van der Waals surface area contributed by atoms with Gasteiger partial charge in [0, 0.05) is 31.8 Å². The molecule has 2 aliphatic rings. The number of carbonyl (C=O) groups excluding carboxylic acids is 1. The van der Waals surface area contributed by atoms with E-state index in [-0.39, 0.29) is 11.9 Å². The quantitative estimate of drug-likeness (QED) is 0.877. The first-order chi connectivity index (χ1) is 9.24. The molecule has 0 bridgehead atoms. The van der Waals surface area contributed by atoms with Crippen LogP contribution in [-0.2, 0) is 4.79 Å². The number of amides is 1. The maximum absolute atomic E-state index is 11.9. The lowest BCUT2D eigenvalue weighted by molar-refractivity contribution is -0.127. The van der Waals surface area contributed by atoms with Crippen LogP contribution in [0.2, 0.25) is 0 Å². The minimum absolute atomic E-state index is 0.130. The highest BCUT2D eigenvalue weighted by molar-refractivity contribution is 5.86. The number of fused-ring (bicyclic) bond motifs is 1. The van der Waals surface area contributed by atoms with E-state index in [9.17, 15) is 4.79 Å². The van der Waals surface area contributed by atoms with E-state index in [0.29, 0.717) is 13.2 Å². The molecule has 3 rings (SSSR count). The largest absolute Gasteiger partial charge is 0.490 e. The molecule has 0 aromatic heterocycles. The Hall–Kier alpha value is -1.91. The molecule has 1 aromatic rings. The summed E-state index contributed by atoms with van der Waals surface area (Å²) in [5.41, 5.74) is 0.901. The van der Waals surface area contributed by atoms with Gasteiger partial charge in [-0.15, -0.1) is 0 Å². The smallest absolute Gasteiger partial charge is 0.244 e. The first kappa shape index (κ1) is 12.1. The molecule has 1 unspecified atom stereocenters. The van der Waals surface area contributed by atoms with E-state index < -0.39 is 0 Å². The second-order valence-electron chi connectivity index (χ2n) is 4.96. The van der Waals surface area contributed by atoms with Gasteiger partial charge in [-0.05, 0) is 18.6 Å². The zero-order valence-electron chi connectivity index (χ0n) is 11.0. The van der Waals surface area contributed by atoms with Gasteiger partial charge in [0.15, 0.2) is 11.5 Å².